The van der Waals surface area contributed by atoms with Crippen LogP contribution in [0.4, 0.5) is 0 Å². The Morgan fingerprint density at radius 3 is 3.08 bits per heavy atom. The second-order valence-electron chi connectivity index (χ2n) is 2.80. The van der Waals surface area contributed by atoms with Crippen molar-refractivity contribution in [2.45, 2.75) is 13.5 Å². The van der Waals surface area contributed by atoms with Crippen LogP contribution in [0.3, 0.4) is 0 Å². The molecule has 2 heterocycles. The lowest BCUT2D eigenvalue weighted by atomic mass is 10.3. The van der Waals surface area contributed by atoms with Gasteiger partial charge in [0.2, 0.25) is 0 Å². The summed E-state index contributed by atoms with van der Waals surface area (Å²) >= 11 is 5.83. The number of hydrogen-bond donors (Lipinski definition) is 1. The molecule has 0 bridgehead atoms. The molecule has 0 aliphatic rings. The molecule has 0 fully saturated rings. The van der Waals surface area contributed by atoms with E-state index in [1.165, 1.54) is 4.52 Å². The molecule has 0 saturated heterocycles. The number of imidazole rings is 1. The van der Waals surface area contributed by atoms with Gasteiger partial charge < -0.3 is 5.11 Å². The van der Waals surface area contributed by atoms with Crippen molar-refractivity contribution in [3.8, 4) is 0 Å². The SMILES string of the molecule is Cc1cc2ncc(CO)n2nc1Cl. The molecule has 0 aliphatic carbocycles. The van der Waals surface area contributed by atoms with E-state index in [0.29, 0.717) is 16.5 Å². The van der Waals surface area contributed by atoms with Gasteiger partial charge in [-0.3, -0.25) is 0 Å². The lowest BCUT2D eigenvalue weighted by molar-refractivity contribution is 0.274. The third-order valence-corrected chi connectivity index (χ3v) is 2.23. The predicted octanol–water partition coefficient (Wildman–Crippen LogP) is 1.18. The summed E-state index contributed by atoms with van der Waals surface area (Å²) in [7, 11) is 0. The Balaban J connectivity index is 2.77. The number of aliphatic hydroxyl groups excluding tert-OH is 1. The fourth-order valence-electron chi connectivity index (χ4n) is 1.14. The van der Waals surface area contributed by atoms with Gasteiger partial charge in [0.25, 0.3) is 0 Å². The van der Waals surface area contributed by atoms with Gasteiger partial charge in [0.05, 0.1) is 18.5 Å². The first kappa shape index (κ1) is 8.47. The number of aromatic nitrogens is 3. The van der Waals surface area contributed by atoms with Gasteiger partial charge >= 0.3 is 0 Å². The summed E-state index contributed by atoms with van der Waals surface area (Å²) in [6.07, 6.45) is 1.58. The number of rotatable bonds is 1. The average Bonchev–Trinajstić information content (AvgIpc) is 2.48. The highest BCUT2D eigenvalue weighted by atomic mass is 35.5. The molecule has 5 heteroatoms. The molecule has 0 atom stereocenters. The molecule has 13 heavy (non-hydrogen) atoms. The smallest absolute Gasteiger partial charge is 0.154 e. The van der Waals surface area contributed by atoms with Crippen LogP contribution in [0.15, 0.2) is 12.3 Å². The van der Waals surface area contributed by atoms with E-state index in [9.17, 15) is 0 Å². The van der Waals surface area contributed by atoms with Gasteiger partial charge in [-0.2, -0.15) is 5.10 Å². The third kappa shape index (κ3) is 1.28. The molecule has 1 N–H and O–H groups in total. The summed E-state index contributed by atoms with van der Waals surface area (Å²) in [4.78, 5) is 4.07. The maximum absolute atomic E-state index is 8.94. The zero-order valence-corrected chi connectivity index (χ0v) is 7.78. The van der Waals surface area contributed by atoms with Crippen LogP contribution in [-0.4, -0.2) is 19.7 Å². The van der Waals surface area contributed by atoms with Crippen LogP contribution in [0.1, 0.15) is 11.3 Å². The zero-order valence-electron chi connectivity index (χ0n) is 7.03. The van der Waals surface area contributed by atoms with Crippen LogP contribution >= 0.6 is 11.6 Å². The van der Waals surface area contributed by atoms with Crippen LogP contribution < -0.4 is 0 Å². The van der Waals surface area contributed by atoms with Crippen molar-refractivity contribution >= 4 is 17.2 Å². The van der Waals surface area contributed by atoms with Gasteiger partial charge in [0.1, 0.15) is 0 Å². The molecule has 0 aliphatic heterocycles. The Hall–Kier alpha value is -1.13. The summed E-state index contributed by atoms with van der Waals surface area (Å²) in [6, 6.07) is 1.83. The summed E-state index contributed by atoms with van der Waals surface area (Å²) < 4.78 is 1.54. The summed E-state index contributed by atoms with van der Waals surface area (Å²) in [5.74, 6) is 0. The Bertz CT molecular complexity index is 452. The van der Waals surface area contributed by atoms with Crippen molar-refractivity contribution in [3.63, 3.8) is 0 Å². The molecule has 0 saturated carbocycles. The van der Waals surface area contributed by atoms with Gasteiger partial charge in [0, 0.05) is 0 Å². The molecular formula is C8H8ClN3O. The van der Waals surface area contributed by atoms with Crippen LogP contribution in [-0.2, 0) is 6.61 Å². The lowest BCUT2D eigenvalue weighted by Crippen LogP contribution is -1.98. The molecule has 2 rings (SSSR count). The molecule has 2 aromatic rings. The highest BCUT2D eigenvalue weighted by Crippen LogP contribution is 2.14. The fraction of sp³-hybridized carbons (Fsp3) is 0.250. The van der Waals surface area contributed by atoms with E-state index in [0.717, 1.165) is 5.56 Å². The van der Waals surface area contributed by atoms with E-state index in [4.69, 9.17) is 16.7 Å². The van der Waals surface area contributed by atoms with Gasteiger partial charge in [-0.1, -0.05) is 11.6 Å². The van der Waals surface area contributed by atoms with Crippen LogP contribution in [0.5, 0.6) is 0 Å². The monoisotopic (exact) mass is 197 g/mol. The standard InChI is InChI=1S/C8H8ClN3O/c1-5-2-7-10-3-6(4-13)12(7)11-8(5)9/h2-3,13H,4H2,1H3. The Morgan fingerprint density at radius 1 is 1.62 bits per heavy atom. The highest BCUT2D eigenvalue weighted by molar-refractivity contribution is 6.30. The minimum Gasteiger partial charge on any atom is -0.390 e. The van der Waals surface area contributed by atoms with E-state index in [-0.39, 0.29) is 6.61 Å². The molecular weight excluding hydrogens is 190 g/mol. The van der Waals surface area contributed by atoms with Gasteiger partial charge in [0.15, 0.2) is 10.8 Å². The first-order valence-electron chi connectivity index (χ1n) is 3.83. The molecule has 68 valence electrons. The van der Waals surface area contributed by atoms with E-state index in [2.05, 4.69) is 10.1 Å². The van der Waals surface area contributed by atoms with Gasteiger partial charge in [-0.05, 0) is 18.6 Å². The Kier molecular flexibility index (Phi) is 1.94. The minimum absolute atomic E-state index is 0.0897. The van der Waals surface area contributed by atoms with Gasteiger partial charge in [-0.15, -0.1) is 0 Å². The first-order chi connectivity index (χ1) is 6.22. The predicted molar refractivity (Wildman–Crippen MR) is 48.7 cm³/mol. The Labute approximate surface area is 79.8 Å². The normalized spacial score (nSPS) is 11.0. The summed E-state index contributed by atoms with van der Waals surface area (Å²) in [5.41, 5.74) is 2.21. The maximum atomic E-state index is 8.94. The number of fused-ring (bicyclic) bond motifs is 1. The van der Waals surface area contributed by atoms with Crippen molar-refractivity contribution < 1.29 is 5.11 Å². The topological polar surface area (TPSA) is 50.4 Å². The second-order valence-corrected chi connectivity index (χ2v) is 3.15. The molecule has 0 amide bonds. The number of halogens is 1. The van der Waals surface area contributed by atoms with Crippen LogP contribution in [0.25, 0.3) is 5.65 Å². The average molecular weight is 198 g/mol. The van der Waals surface area contributed by atoms with E-state index in [1.807, 2.05) is 13.0 Å². The molecule has 2 aromatic heterocycles. The third-order valence-electron chi connectivity index (χ3n) is 1.86. The maximum Gasteiger partial charge on any atom is 0.154 e. The first-order valence-corrected chi connectivity index (χ1v) is 4.21. The second kappa shape index (κ2) is 2.97. The van der Waals surface area contributed by atoms with Gasteiger partial charge in [-0.25, -0.2) is 9.50 Å². The number of aryl methyl sites for hydroxylation is 1. The number of hydrogen-bond acceptors (Lipinski definition) is 3. The molecule has 0 unspecified atom stereocenters. The van der Waals surface area contributed by atoms with Crippen molar-refractivity contribution in [3.05, 3.63) is 28.7 Å². The lowest BCUT2D eigenvalue weighted by Gasteiger charge is -1.99. The summed E-state index contributed by atoms with van der Waals surface area (Å²) in [6.45, 7) is 1.77. The van der Waals surface area contributed by atoms with Crippen molar-refractivity contribution in [1.82, 2.24) is 14.6 Å². The van der Waals surface area contributed by atoms with Crippen LogP contribution in [0.2, 0.25) is 5.15 Å². The summed E-state index contributed by atoms with van der Waals surface area (Å²) in [5, 5.41) is 13.4. The highest BCUT2D eigenvalue weighted by Gasteiger charge is 2.05. The zero-order chi connectivity index (χ0) is 9.42. The van der Waals surface area contributed by atoms with Crippen LogP contribution in [0, 0.1) is 6.92 Å². The molecule has 4 nitrogen and oxygen atoms in total. The largest absolute Gasteiger partial charge is 0.390 e. The number of aliphatic hydroxyl groups is 1. The molecule has 0 radical (unpaired) electrons. The minimum atomic E-state index is -0.0897. The molecule has 0 aromatic carbocycles. The van der Waals surface area contributed by atoms with Crippen molar-refractivity contribution in [2.75, 3.05) is 0 Å². The number of nitrogens with zero attached hydrogens (tertiary/aromatic N) is 3. The quantitative estimate of drug-likeness (QED) is 0.747. The molecule has 0 spiro atoms. The van der Waals surface area contributed by atoms with E-state index >= 15 is 0 Å². The van der Waals surface area contributed by atoms with E-state index in [1.54, 1.807) is 6.20 Å². The Morgan fingerprint density at radius 2 is 2.38 bits per heavy atom. The van der Waals surface area contributed by atoms with Crippen molar-refractivity contribution in [1.29, 1.82) is 0 Å². The fourth-order valence-corrected chi connectivity index (χ4v) is 1.27. The van der Waals surface area contributed by atoms with E-state index < -0.39 is 0 Å². The van der Waals surface area contributed by atoms with Crippen molar-refractivity contribution in [2.24, 2.45) is 0 Å².